The number of benzene rings is 1. The topological polar surface area (TPSA) is 83.1 Å². The van der Waals surface area contributed by atoms with E-state index in [0.29, 0.717) is 32.6 Å². The molecule has 0 radical (unpaired) electrons. The standard InChI is InChI=1S/C28H47NO6/c1-22(2)28(3,27(31)29-18-11-14-26(30)34-6)17-10-8-7-9-13-23-15-16-24(33-5)25(21-23)35-20-12-19-32-4/h15-16,21-22H,7-14,17-20H2,1-6H3,(H,29,31)/t28-/m1/s1. The van der Waals surface area contributed by atoms with Gasteiger partial charge in [-0.05, 0) is 49.3 Å². The number of hydrogen-bond donors (Lipinski definition) is 1. The fourth-order valence-electron chi connectivity index (χ4n) is 3.95. The van der Waals surface area contributed by atoms with Crippen molar-refractivity contribution in [3.8, 4) is 11.5 Å². The van der Waals surface area contributed by atoms with Gasteiger partial charge in [-0.25, -0.2) is 0 Å². The molecule has 0 aliphatic rings. The number of rotatable bonds is 19. The van der Waals surface area contributed by atoms with Gasteiger partial charge in [0, 0.05) is 38.5 Å². The summed E-state index contributed by atoms with van der Waals surface area (Å²) < 4.78 is 21.0. The van der Waals surface area contributed by atoms with Gasteiger partial charge in [-0.3, -0.25) is 9.59 Å². The van der Waals surface area contributed by atoms with Crippen LogP contribution < -0.4 is 14.8 Å². The molecule has 0 heterocycles. The van der Waals surface area contributed by atoms with Crippen LogP contribution >= 0.6 is 0 Å². The molecule has 1 atom stereocenters. The van der Waals surface area contributed by atoms with Gasteiger partial charge in [-0.15, -0.1) is 0 Å². The smallest absolute Gasteiger partial charge is 0.305 e. The van der Waals surface area contributed by atoms with E-state index >= 15 is 0 Å². The number of amides is 1. The van der Waals surface area contributed by atoms with E-state index in [9.17, 15) is 9.59 Å². The van der Waals surface area contributed by atoms with Gasteiger partial charge in [0.2, 0.25) is 5.91 Å². The Kier molecular flexibility index (Phi) is 15.1. The molecule has 0 aromatic heterocycles. The number of carbonyl (C=O) groups excluding carboxylic acids is 2. The zero-order valence-electron chi connectivity index (χ0n) is 22.7. The average molecular weight is 494 g/mol. The van der Waals surface area contributed by atoms with Crippen molar-refractivity contribution in [2.45, 2.75) is 78.6 Å². The van der Waals surface area contributed by atoms with Crippen LogP contribution in [0.1, 0.15) is 77.7 Å². The van der Waals surface area contributed by atoms with Crippen LogP contribution in [-0.4, -0.2) is 53.0 Å². The van der Waals surface area contributed by atoms with Crippen LogP contribution in [0.15, 0.2) is 18.2 Å². The average Bonchev–Trinajstić information content (AvgIpc) is 2.85. The second kappa shape index (κ2) is 17.2. The Balaban J connectivity index is 2.42. The molecule has 1 rings (SSSR count). The first-order valence-electron chi connectivity index (χ1n) is 12.9. The number of nitrogens with one attached hydrogen (secondary N) is 1. The lowest BCUT2D eigenvalue weighted by Gasteiger charge is -2.32. The van der Waals surface area contributed by atoms with Crippen molar-refractivity contribution in [2.75, 3.05) is 41.1 Å². The van der Waals surface area contributed by atoms with Crippen molar-refractivity contribution >= 4 is 11.9 Å². The molecule has 1 aromatic rings. The maximum Gasteiger partial charge on any atom is 0.305 e. The molecule has 0 saturated carbocycles. The normalized spacial score (nSPS) is 12.8. The van der Waals surface area contributed by atoms with Crippen LogP contribution in [-0.2, 0) is 25.5 Å². The number of methoxy groups -OCH3 is 3. The summed E-state index contributed by atoms with van der Waals surface area (Å²) in [7, 11) is 4.73. The highest BCUT2D eigenvalue weighted by Gasteiger charge is 2.35. The summed E-state index contributed by atoms with van der Waals surface area (Å²) in [6.45, 7) is 8.03. The molecule has 1 aromatic carbocycles. The van der Waals surface area contributed by atoms with Gasteiger partial charge in [-0.1, -0.05) is 46.1 Å². The zero-order chi connectivity index (χ0) is 26.1. The lowest BCUT2D eigenvalue weighted by Crippen LogP contribution is -2.42. The van der Waals surface area contributed by atoms with E-state index in [-0.39, 0.29) is 17.8 Å². The largest absolute Gasteiger partial charge is 0.493 e. The number of esters is 1. The van der Waals surface area contributed by atoms with Gasteiger partial charge in [-0.2, -0.15) is 0 Å². The summed E-state index contributed by atoms with van der Waals surface area (Å²) in [6.07, 6.45) is 7.91. The first-order chi connectivity index (χ1) is 16.8. The van der Waals surface area contributed by atoms with Crippen LogP contribution in [0.25, 0.3) is 0 Å². The highest BCUT2D eigenvalue weighted by molar-refractivity contribution is 5.82. The fourth-order valence-corrected chi connectivity index (χ4v) is 3.95. The molecule has 0 aliphatic heterocycles. The maximum atomic E-state index is 12.9. The summed E-state index contributed by atoms with van der Waals surface area (Å²) in [5, 5.41) is 3.02. The molecule has 0 aliphatic carbocycles. The fraction of sp³-hybridized carbons (Fsp3) is 0.714. The van der Waals surface area contributed by atoms with Gasteiger partial charge in [0.15, 0.2) is 11.5 Å². The molecule has 200 valence electrons. The van der Waals surface area contributed by atoms with E-state index in [2.05, 4.69) is 43.0 Å². The Labute approximate surface area is 212 Å². The molecule has 0 saturated heterocycles. The first kappa shape index (κ1) is 30.8. The number of carbonyl (C=O) groups is 2. The second-order valence-electron chi connectivity index (χ2n) is 9.60. The van der Waals surface area contributed by atoms with Crippen LogP contribution in [0, 0.1) is 11.3 Å². The maximum absolute atomic E-state index is 12.9. The predicted octanol–water partition coefficient (Wildman–Crippen LogP) is 5.34. The minimum atomic E-state index is -0.406. The van der Waals surface area contributed by atoms with Gasteiger partial charge in [0.05, 0.1) is 20.8 Å². The third kappa shape index (κ3) is 11.3. The lowest BCUT2D eigenvalue weighted by atomic mass is 9.74. The Hall–Kier alpha value is -2.28. The molecular weight excluding hydrogens is 446 g/mol. The molecule has 7 nitrogen and oxygen atoms in total. The number of hydrogen-bond acceptors (Lipinski definition) is 6. The van der Waals surface area contributed by atoms with Crippen LogP contribution in [0.5, 0.6) is 11.5 Å². The molecular formula is C28H47NO6. The van der Waals surface area contributed by atoms with Gasteiger partial charge in [0.25, 0.3) is 0 Å². The van der Waals surface area contributed by atoms with E-state index in [1.807, 2.05) is 6.07 Å². The minimum absolute atomic E-state index is 0.0774. The molecule has 0 spiro atoms. The number of aryl methyl sites for hydroxylation is 1. The number of unbranched alkanes of at least 4 members (excludes halogenated alkanes) is 3. The molecule has 0 unspecified atom stereocenters. The zero-order valence-corrected chi connectivity index (χ0v) is 22.7. The van der Waals surface area contributed by atoms with Gasteiger partial charge < -0.3 is 24.3 Å². The minimum Gasteiger partial charge on any atom is -0.493 e. The Morgan fingerprint density at radius 2 is 1.69 bits per heavy atom. The highest BCUT2D eigenvalue weighted by Crippen LogP contribution is 2.34. The molecule has 0 bridgehead atoms. The quantitative estimate of drug-likeness (QED) is 0.207. The molecule has 35 heavy (non-hydrogen) atoms. The highest BCUT2D eigenvalue weighted by atomic mass is 16.5. The third-order valence-electron chi connectivity index (χ3n) is 6.75. The monoisotopic (exact) mass is 493 g/mol. The lowest BCUT2D eigenvalue weighted by molar-refractivity contribution is -0.141. The van der Waals surface area contributed by atoms with E-state index in [0.717, 1.165) is 56.4 Å². The molecule has 1 amide bonds. The van der Waals surface area contributed by atoms with Crippen LogP contribution in [0.3, 0.4) is 0 Å². The van der Waals surface area contributed by atoms with E-state index in [1.54, 1.807) is 14.2 Å². The summed E-state index contributed by atoms with van der Waals surface area (Å²) in [6, 6.07) is 6.14. The SMILES string of the molecule is COCCCOc1cc(CCCCCC[C@@](C)(C(=O)NCCCC(=O)OC)C(C)C)ccc1OC. The number of ether oxygens (including phenoxy) is 4. The summed E-state index contributed by atoms with van der Waals surface area (Å²) in [4.78, 5) is 24.1. The van der Waals surface area contributed by atoms with E-state index < -0.39 is 5.41 Å². The summed E-state index contributed by atoms with van der Waals surface area (Å²) in [5.74, 6) is 1.61. The second-order valence-corrected chi connectivity index (χ2v) is 9.60. The molecule has 7 heteroatoms. The third-order valence-corrected chi connectivity index (χ3v) is 6.75. The first-order valence-corrected chi connectivity index (χ1v) is 12.9. The Morgan fingerprint density at radius 3 is 2.34 bits per heavy atom. The van der Waals surface area contributed by atoms with E-state index in [1.165, 1.54) is 12.7 Å². The Bertz CT molecular complexity index is 751. The molecule has 1 N–H and O–H groups in total. The van der Waals surface area contributed by atoms with Crippen molar-refractivity contribution in [1.82, 2.24) is 5.32 Å². The van der Waals surface area contributed by atoms with Crippen molar-refractivity contribution in [1.29, 1.82) is 0 Å². The summed E-state index contributed by atoms with van der Waals surface area (Å²) in [5.41, 5.74) is 0.835. The Morgan fingerprint density at radius 1 is 0.943 bits per heavy atom. The predicted molar refractivity (Wildman–Crippen MR) is 139 cm³/mol. The van der Waals surface area contributed by atoms with Crippen LogP contribution in [0.2, 0.25) is 0 Å². The van der Waals surface area contributed by atoms with Gasteiger partial charge >= 0.3 is 5.97 Å². The van der Waals surface area contributed by atoms with Gasteiger partial charge in [0.1, 0.15) is 0 Å². The van der Waals surface area contributed by atoms with Crippen molar-refractivity contribution in [2.24, 2.45) is 11.3 Å². The van der Waals surface area contributed by atoms with Crippen molar-refractivity contribution in [3.63, 3.8) is 0 Å². The van der Waals surface area contributed by atoms with Crippen LogP contribution in [0.4, 0.5) is 0 Å². The summed E-state index contributed by atoms with van der Waals surface area (Å²) >= 11 is 0. The molecule has 0 fully saturated rings. The van der Waals surface area contributed by atoms with E-state index in [4.69, 9.17) is 14.2 Å². The van der Waals surface area contributed by atoms with Crippen molar-refractivity contribution < 1.29 is 28.5 Å². The van der Waals surface area contributed by atoms with Crippen molar-refractivity contribution in [3.05, 3.63) is 23.8 Å².